The summed E-state index contributed by atoms with van der Waals surface area (Å²) >= 11 is 0. The molecule has 4 aliphatic heterocycles. The molecule has 6 rings (SSSR count). The molecule has 0 unspecified atom stereocenters. The van der Waals surface area contributed by atoms with E-state index < -0.39 is 68.6 Å². The standard InChI is InChI=1S/C54H69N5O8/c1-33(2)23-24-50(27-37-19-15-13-16-20-37)43(60)39(29-55-50)51(25-34(3)4)44(61)40(30-56-51)52(26-35(5)6)45(62)42(32-57-52)54(36(7)8)46(63)41(31-58-54)53(47(64)66-12,28-38-21-17-14-18-22-38)59-48(65)67-49(9,10)11/h13-23,29-32,34-36,55-58H,24-28H2,1-12H3,(H,59,65)/t50-,51+,52+,53-,54+/m1/s1. The number of esters is 1. The lowest BCUT2D eigenvalue weighted by atomic mass is 9.66. The number of hydrogen-bond acceptors (Lipinski definition) is 12. The molecule has 0 saturated heterocycles. The first-order valence-electron chi connectivity index (χ1n) is 23.4. The van der Waals surface area contributed by atoms with Gasteiger partial charge in [-0.3, -0.25) is 19.2 Å². The minimum Gasteiger partial charge on any atom is -0.467 e. The third kappa shape index (κ3) is 9.13. The van der Waals surface area contributed by atoms with Gasteiger partial charge in [0.15, 0.2) is 28.7 Å². The highest BCUT2D eigenvalue weighted by atomic mass is 16.6. The van der Waals surface area contributed by atoms with Crippen LogP contribution in [0.15, 0.2) is 119 Å². The zero-order valence-electron chi connectivity index (χ0n) is 41.2. The molecule has 0 fully saturated rings. The Bertz CT molecular complexity index is 2460. The van der Waals surface area contributed by atoms with E-state index in [2.05, 4.69) is 26.6 Å². The number of ketones is 4. The highest BCUT2D eigenvalue weighted by Gasteiger charge is 2.65. The first kappa shape index (κ1) is 50.2. The summed E-state index contributed by atoms with van der Waals surface area (Å²) in [7, 11) is 1.17. The van der Waals surface area contributed by atoms with Gasteiger partial charge in [-0.2, -0.15) is 0 Å². The van der Waals surface area contributed by atoms with Gasteiger partial charge in [0.1, 0.15) is 27.8 Å². The minimum atomic E-state index is -2.11. The Morgan fingerprint density at radius 2 is 1.18 bits per heavy atom. The normalized spacial score (nSPS) is 25.7. The first-order valence-corrected chi connectivity index (χ1v) is 23.4. The van der Waals surface area contributed by atoms with E-state index in [9.17, 15) is 9.59 Å². The van der Waals surface area contributed by atoms with Gasteiger partial charge in [0, 0.05) is 54.4 Å². The third-order valence-corrected chi connectivity index (χ3v) is 13.3. The number of nitrogens with one attached hydrogen (secondary N) is 5. The van der Waals surface area contributed by atoms with Gasteiger partial charge in [-0.25, -0.2) is 9.59 Å². The summed E-state index contributed by atoms with van der Waals surface area (Å²) in [6.07, 6.45) is 8.25. The van der Waals surface area contributed by atoms with Gasteiger partial charge >= 0.3 is 12.1 Å². The molecule has 2 aromatic rings. The van der Waals surface area contributed by atoms with E-state index in [1.165, 1.54) is 19.5 Å². The molecule has 0 aromatic heterocycles. The average Bonchev–Trinajstić information content (AvgIpc) is 3.97. The largest absolute Gasteiger partial charge is 0.467 e. The molecule has 5 N–H and O–H groups in total. The molecule has 0 spiro atoms. The van der Waals surface area contributed by atoms with Crippen LogP contribution in [0.5, 0.6) is 0 Å². The molecular weight excluding hydrogens is 847 g/mol. The topological polar surface area (TPSA) is 181 Å². The number of carbonyl (C=O) groups is 6. The predicted molar refractivity (Wildman–Crippen MR) is 258 cm³/mol. The van der Waals surface area contributed by atoms with Crippen LogP contribution in [0.2, 0.25) is 0 Å². The van der Waals surface area contributed by atoms with Crippen molar-refractivity contribution in [2.24, 2.45) is 17.8 Å². The lowest BCUT2D eigenvalue weighted by Crippen LogP contribution is -2.62. The van der Waals surface area contributed by atoms with Crippen molar-refractivity contribution in [3.63, 3.8) is 0 Å². The minimum absolute atomic E-state index is 0.0478. The van der Waals surface area contributed by atoms with Crippen molar-refractivity contribution >= 4 is 35.2 Å². The summed E-state index contributed by atoms with van der Waals surface area (Å²) in [5.74, 6) is -3.49. The van der Waals surface area contributed by atoms with Crippen molar-refractivity contribution in [2.75, 3.05) is 7.11 Å². The average molecular weight is 916 g/mol. The zero-order chi connectivity index (χ0) is 49.3. The van der Waals surface area contributed by atoms with Crippen molar-refractivity contribution in [3.05, 3.63) is 131 Å². The first-order chi connectivity index (χ1) is 31.4. The molecule has 358 valence electrons. The van der Waals surface area contributed by atoms with Gasteiger partial charge in [-0.1, -0.05) is 114 Å². The maximum atomic E-state index is 15.7. The van der Waals surface area contributed by atoms with E-state index in [0.717, 1.165) is 11.1 Å². The van der Waals surface area contributed by atoms with E-state index >= 15 is 19.2 Å². The summed E-state index contributed by atoms with van der Waals surface area (Å²) in [5, 5.41) is 16.2. The third-order valence-electron chi connectivity index (χ3n) is 13.3. The fraction of sp³-hybridized carbons (Fsp3) is 0.481. The SMILES string of the molecule is COC(=O)[C@](Cc1ccccc1)(NC(=O)OC(C)(C)C)C1=CN[C@](C2=CN[C@@](CC(C)C)(C3=CN[C@@](CC(C)C)(C4=CN[C@](CC=C(C)C)(Cc5ccccc5)C4=O)C3=O)C2=O)(C(C)C)C1=O. The molecule has 0 aliphatic carbocycles. The number of amides is 1. The quantitative estimate of drug-likeness (QED) is 0.0798. The van der Waals surface area contributed by atoms with Gasteiger partial charge in [0.05, 0.1) is 12.7 Å². The van der Waals surface area contributed by atoms with Crippen LogP contribution in [0.4, 0.5) is 4.79 Å². The van der Waals surface area contributed by atoms with Crippen LogP contribution >= 0.6 is 0 Å². The summed E-state index contributed by atoms with van der Waals surface area (Å²) in [6, 6.07) is 18.7. The van der Waals surface area contributed by atoms with Crippen LogP contribution in [0, 0.1) is 17.8 Å². The fourth-order valence-electron chi connectivity index (χ4n) is 10.2. The molecule has 2 aromatic carbocycles. The molecule has 13 nitrogen and oxygen atoms in total. The molecule has 5 atom stereocenters. The van der Waals surface area contributed by atoms with Crippen molar-refractivity contribution in [1.29, 1.82) is 0 Å². The van der Waals surface area contributed by atoms with E-state index in [1.54, 1.807) is 71.3 Å². The van der Waals surface area contributed by atoms with E-state index in [0.29, 0.717) is 24.0 Å². The highest BCUT2D eigenvalue weighted by Crippen LogP contribution is 2.48. The molecule has 1 amide bonds. The Morgan fingerprint density at radius 3 is 1.69 bits per heavy atom. The van der Waals surface area contributed by atoms with Crippen LogP contribution in [-0.2, 0) is 46.3 Å². The summed E-state index contributed by atoms with van der Waals surface area (Å²) < 4.78 is 11.0. The zero-order valence-corrected chi connectivity index (χ0v) is 41.2. The van der Waals surface area contributed by atoms with E-state index in [4.69, 9.17) is 9.47 Å². The number of methoxy groups -OCH3 is 1. The Kier molecular flexibility index (Phi) is 14.1. The Labute approximate surface area is 395 Å². The number of ether oxygens (including phenoxy) is 2. The second-order valence-electron chi connectivity index (χ2n) is 21.0. The summed E-state index contributed by atoms with van der Waals surface area (Å²) in [6.45, 7) is 20.5. The maximum absolute atomic E-state index is 15.7. The van der Waals surface area contributed by atoms with E-state index in [-0.39, 0.29) is 53.6 Å². The second kappa shape index (κ2) is 18.8. The van der Waals surface area contributed by atoms with Crippen molar-refractivity contribution < 1.29 is 38.2 Å². The Hall–Kier alpha value is -6.24. The van der Waals surface area contributed by atoms with Crippen LogP contribution < -0.4 is 26.6 Å². The highest BCUT2D eigenvalue weighted by molar-refractivity contribution is 6.26. The smallest absolute Gasteiger partial charge is 0.408 e. The van der Waals surface area contributed by atoms with Crippen molar-refractivity contribution in [2.45, 2.75) is 142 Å². The summed E-state index contributed by atoms with van der Waals surface area (Å²) in [5.41, 5.74) is -6.08. The van der Waals surface area contributed by atoms with E-state index in [1.807, 2.05) is 84.0 Å². The maximum Gasteiger partial charge on any atom is 0.408 e. The van der Waals surface area contributed by atoms with Gasteiger partial charge < -0.3 is 36.1 Å². The number of hydrogen-bond donors (Lipinski definition) is 5. The molecular formula is C54H69N5O8. The lowest BCUT2D eigenvalue weighted by molar-refractivity contribution is -0.148. The van der Waals surface area contributed by atoms with Crippen LogP contribution in [0.1, 0.15) is 107 Å². The number of benzene rings is 2. The molecule has 67 heavy (non-hydrogen) atoms. The van der Waals surface area contributed by atoms with Gasteiger partial charge in [0.25, 0.3) is 0 Å². The monoisotopic (exact) mass is 916 g/mol. The molecule has 0 bridgehead atoms. The number of Topliss-reactive ketones (excluding diaryl/α,β-unsaturated/α-hetero) is 4. The number of carbonyl (C=O) groups excluding carboxylic acids is 6. The predicted octanol–water partition coefficient (Wildman–Crippen LogP) is 7.19. The lowest BCUT2D eigenvalue weighted by Gasteiger charge is -2.39. The summed E-state index contributed by atoms with van der Waals surface area (Å²) in [4.78, 5) is 90.0. The van der Waals surface area contributed by atoms with Crippen LogP contribution in [0.3, 0.4) is 0 Å². The van der Waals surface area contributed by atoms with Gasteiger partial charge in [0.2, 0.25) is 0 Å². The van der Waals surface area contributed by atoms with Crippen LogP contribution in [0.25, 0.3) is 0 Å². The van der Waals surface area contributed by atoms with Gasteiger partial charge in [-0.15, -0.1) is 0 Å². The molecule has 4 aliphatic rings. The van der Waals surface area contributed by atoms with Crippen LogP contribution in [-0.4, -0.2) is 75.6 Å². The number of rotatable bonds is 17. The Balaban J connectivity index is 1.41. The fourth-order valence-corrected chi connectivity index (χ4v) is 10.2. The Morgan fingerprint density at radius 1 is 0.672 bits per heavy atom. The molecule has 0 radical (unpaired) electrons. The van der Waals surface area contributed by atoms with Crippen molar-refractivity contribution in [3.8, 4) is 0 Å². The second-order valence-corrected chi connectivity index (χ2v) is 21.0. The van der Waals surface area contributed by atoms with Crippen molar-refractivity contribution in [1.82, 2.24) is 26.6 Å². The number of allylic oxidation sites excluding steroid dienone is 1. The molecule has 13 heteroatoms. The molecule has 0 saturated carbocycles. The molecule has 4 heterocycles. The number of alkyl carbamates (subject to hydrolysis) is 1. The van der Waals surface area contributed by atoms with Gasteiger partial charge in [-0.05, 0) is 82.8 Å².